The summed E-state index contributed by atoms with van der Waals surface area (Å²) in [5, 5.41) is 0. The molecule has 2 aromatic carbocycles. The number of halogens is 1. The quantitative estimate of drug-likeness (QED) is 0.901. The molecule has 0 spiro atoms. The Hall–Kier alpha value is -1.65. The van der Waals surface area contributed by atoms with Gasteiger partial charge in [-0.3, -0.25) is 4.79 Å². The lowest BCUT2D eigenvalue weighted by atomic mass is 9.86. The van der Waals surface area contributed by atoms with Gasteiger partial charge < -0.3 is 10.5 Å². The fourth-order valence-corrected chi connectivity index (χ4v) is 2.72. The molecule has 21 heavy (non-hydrogen) atoms. The summed E-state index contributed by atoms with van der Waals surface area (Å²) in [5.74, 6) is 0.718. The Labute approximate surface area is 133 Å². The second-order valence-corrected chi connectivity index (χ2v) is 5.99. The summed E-state index contributed by atoms with van der Waals surface area (Å²) in [7, 11) is 1.61. The van der Waals surface area contributed by atoms with Crippen molar-refractivity contribution in [2.75, 3.05) is 7.11 Å². The van der Waals surface area contributed by atoms with Gasteiger partial charge in [0.15, 0.2) is 5.78 Å². The number of ketones is 1. The van der Waals surface area contributed by atoms with Crippen LogP contribution >= 0.6 is 15.9 Å². The molecule has 0 amide bonds. The number of carbonyl (C=O) groups is 1. The molecular formula is C17H18BrNO2. The summed E-state index contributed by atoms with van der Waals surface area (Å²) in [4.78, 5) is 12.5. The number of hydrogen-bond donors (Lipinski definition) is 1. The molecule has 0 saturated heterocycles. The third-order valence-electron chi connectivity index (χ3n) is 3.53. The first-order valence-corrected chi connectivity index (χ1v) is 7.44. The number of benzene rings is 2. The van der Waals surface area contributed by atoms with Gasteiger partial charge in [0.25, 0.3) is 0 Å². The molecule has 0 saturated carbocycles. The van der Waals surface area contributed by atoms with Crippen molar-refractivity contribution < 1.29 is 9.53 Å². The van der Waals surface area contributed by atoms with Crippen LogP contribution in [0.1, 0.15) is 18.1 Å². The Morgan fingerprint density at radius 1 is 1.24 bits per heavy atom. The summed E-state index contributed by atoms with van der Waals surface area (Å²) in [6.07, 6.45) is 0.282. The van der Waals surface area contributed by atoms with Crippen LogP contribution in [-0.4, -0.2) is 12.9 Å². The van der Waals surface area contributed by atoms with E-state index in [0.717, 1.165) is 21.3 Å². The zero-order valence-corrected chi connectivity index (χ0v) is 13.7. The third-order valence-corrected chi connectivity index (χ3v) is 4.15. The van der Waals surface area contributed by atoms with E-state index >= 15 is 0 Å². The number of carbonyl (C=O) groups excluding carboxylic acids is 1. The number of nitrogens with two attached hydrogens (primary N) is 1. The zero-order valence-electron chi connectivity index (χ0n) is 12.1. The topological polar surface area (TPSA) is 52.3 Å². The molecule has 0 fully saturated rings. The van der Waals surface area contributed by atoms with Crippen molar-refractivity contribution in [1.29, 1.82) is 0 Å². The Morgan fingerprint density at radius 2 is 1.90 bits per heavy atom. The number of rotatable bonds is 5. The largest absolute Gasteiger partial charge is 0.496 e. The van der Waals surface area contributed by atoms with Crippen molar-refractivity contribution in [3.63, 3.8) is 0 Å². The van der Waals surface area contributed by atoms with E-state index in [1.54, 1.807) is 14.0 Å². The van der Waals surface area contributed by atoms with Gasteiger partial charge in [0.05, 0.1) is 17.1 Å². The first kappa shape index (κ1) is 15.7. The lowest BCUT2D eigenvalue weighted by Gasteiger charge is -2.23. The Morgan fingerprint density at radius 3 is 2.48 bits per heavy atom. The molecule has 0 heterocycles. The smallest absolute Gasteiger partial charge is 0.161 e. The highest BCUT2D eigenvalue weighted by atomic mass is 79.9. The normalized spacial score (nSPS) is 13.5. The van der Waals surface area contributed by atoms with Crippen LogP contribution in [0.3, 0.4) is 0 Å². The molecular weight excluding hydrogens is 330 g/mol. The number of Topliss-reactive ketones (excluding diaryl/α,β-unsaturated/α-hetero) is 1. The predicted octanol–water partition coefficient (Wildman–Crippen LogP) is 3.44. The van der Waals surface area contributed by atoms with Crippen molar-refractivity contribution in [3.8, 4) is 5.75 Å². The second kappa shape index (κ2) is 6.41. The molecule has 2 aromatic rings. The maximum atomic E-state index is 12.5. The van der Waals surface area contributed by atoms with Crippen LogP contribution in [0.5, 0.6) is 5.75 Å². The SMILES string of the molecule is COc1ccc(CC(=O)C(C)(N)c2ccccc2)cc1Br. The molecule has 1 unspecified atom stereocenters. The van der Waals surface area contributed by atoms with Crippen molar-refractivity contribution >= 4 is 21.7 Å². The molecule has 2 N–H and O–H groups in total. The minimum atomic E-state index is -0.992. The molecule has 3 nitrogen and oxygen atoms in total. The van der Waals surface area contributed by atoms with E-state index in [1.807, 2.05) is 48.5 Å². The Bertz CT molecular complexity index is 638. The summed E-state index contributed by atoms with van der Waals surface area (Å²) in [6, 6.07) is 15.0. The van der Waals surface area contributed by atoms with Gasteiger partial charge in [-0.15, -0.1) is 0 Å². The van der Waals surface area contributed by atoms with E-state index < -0.39 is 5.54 Å². The monoisotopic (exact) mass is 347 g/mol. The summed E-state index contributed by atoms with van der Waals surface area (Å²) in [5.41, 5.74) is 6.97. The first-order valence-electron chi connectivity index (χ1n) is 6.65. The van der Waals surface area contributed by atoms with Crippen LogP contribution in [0.4, 0.5) is 0 Å². The van der Waals surface area contributed by atoms with Gasteiger partial charge in [-0.2, -0.15) is 0 Å². The Balaban J connectivity index is 2.19. The molecule has 0 aliphatic carbocycles. The molecule has 0 radical (unpaired) electrons. The fourth-order valence-electron chi connectivity index (χ4n) is 2.13. The highest BCUT2D eigenvalue weighted by Gasteiger charge is 2.29. The molecule has 0 bridgehead atoms. The standard InChI is InChI=1S/C17H18BrNO2/c1-17(19,13-6-4-3-5-7-13)16(20)11-12-8-9-15(21-2)14(18)10-12/h3-10H,11,19H2,1-2H3. The fraction of sp³-hybridized carbons (Fsp3) is 0.235. The van der Waals surface area contributed by atoms with E-state index in [4.69, 9.17) is 10.5 Å². The van der Waals surface area contributed by atoms with Crippen LogP contribution < -0.4 is 10.5 Å². The van der Waals surface area contributed by atoms with Gasteiger partial charge in [-0.1, -0.05) is 36.4 Å². The predicted molar refractivity (Wildman–Crippen MR) is 87.4 cm³/mol. The highest BCUT2D eigenvalue weighted by molar-refractivity contribution is 9.10. The maximum absolute atomic E-state index is 12.5. The van der Waals surface area contributed by atoms with Gasteiger partial charge in [-0.25, -0.2) is 0 Å². The average Bonchev–Trinajstić information content (AvgIpc) is 2.48. The van der Waals surface area contributed by atoms with E-state index in [2.05, 4.69) is 15.9 Å². The van der Waals surface area contributed by atoms with Gasteiger partial charge in [0.2, 0.25) is 0 Å². The highest BCUT2D eigenvalue weighted by Crippen LogP contribution is 2.27. The van der Waals surface area contributed by atoms with E-state index in [9.17, 15) is 4.79 Å². The molecule has 0 aliphatic rings. The molecule has 1 atom stereocenters. The van der Waals surface area contributed by atoms with Crippen molar-refractivity contribution in [1.82, 2.24) is 0 Å². The van der Waals surface area contributed by atoms with Crippen LogP contribution in [0.2, 0.25) is 0 Å². The Kier molecular flexibility index (Phi) is 4.80. The number of ether oxygens (including phenoxy) is 1. The van der Waals surface area contributed by atoms with Crippen LogP contribution in [0.15, 0.2) is 53.0 Å². The van der Waals surface area contributed by atoms with E-state index in [0.29, 0.717) is 0 Å². The molecule has 0 aromatic heterocycles. The minimum Gasteiger partial charge on any atom is -0.496 e. The van der Waals surface area contributed by atoms with Crippen LogP contribution in [0, 0.1) is 0 Å². The summed E-state index contributed by atoms with van der Waals surface area (Å²) in [6.45, 7) is 1.75. The van der Waals surface area contributed by atoms with E-state index in [1.165, 1.54) is 0 Å². The maximum Gasteiger partial charge on any atom is 0.161 e. The number of methoxy groups -OCH3 is 1. The summed E-state index contributed by atoms with van der Waals surface area (Å²) >= 11 is 3.43. The van der Waals surface area contributed by atoms with Gasteiger partial charge in [0, 0.05) is 6.42 Å². The number of hydrogen-bond acceptors (Lipinski definition) is 3. The van der Waals surface area contributed by atoms with Crippen LogP contribution in [-0.2, 0) is 16.8 Å². The molecule has 0 aliphatic heterocycles. The van der Waals surface area contributed by atoms with E-state index in [-0.39, 0.29) is 12.2 Å². The van der Waals surface area contributed by atoms with Gasteiger partial charge in [-0.05, 0) is 46.1 Å². The molecule has 2 rings (SSSR count). The van der Waals surface area contributed by atoms with Crippen molar-refractivity contribution in [2.45, 2.75) is 18.9 Å². The lowest BCUT2D eigenvalue weighted by molar-refractivity contribution is -0.123. The lowest BCUT2D eigenvalue weighted by Crippen LogP contribution is -2.42. The minimum absolute atomic E-state index is 0.0224. The van der Waals surface area contributed by atoms with Gasteiger partial charge >= 0.3 is 0 Å². The first-order chi connectivity index (χ1) is 9.95. The summed E-state index contributed by atoms with van der Waals surface area (Å²) < 4.78 is 6.01. The zero-order chi connectivity index (χ0) is 15.5. The second-order valence-electron chi connectivity index (χ2n) is 5.14. The van der Waals surface area contributed by atoms with Crippen molar-refractivity contribution in [2.24, 2.45) is 5.73 Å². The molecule has 4 heteroatoms. The van der Waals surface area contributed by atoms with Crippen LogP contribution in [0.25, 0.3) is 0 Å². The van der Waals surface area contributed by atoms with Gasteiger partial charge in [0.1, 0.15) is 5.75 Å². The third kappa shape index (κ3) is 3.52. The average molecular weight is 348 g/mol. The molecule has 110 valence electrons. The van der Waals surface area contributed by atoms with Crippen molar-refractivity contribution in [3.05, 3.63) is 64.1 Å².